The fourth-order valence-electron chi connectivity index (χ4n) is 3.41. The van der Waals surface area contributed by atoms with Crippen molar-refractivity contribution in [3.63, 3.8) is 0 Å². The summed E-state index contributed by atoms with van der Waals surface area (Å²) in [7, 11) is 0. The van der Waals surface area contributed by atoms with E-state index in [2.05, 4.69) is 19.2 Å². The molecule has 2 rings (SSSR count). The predicted octanol–water partition coefficient (Wildman–Crippen LogP) is 2.42. The highest BCUT2D eigenvalue weighted by molar-refractivity contribution is 4.97. The quantitative estimate of drug-likeness (QED) is 0.680. The zero-order chi connectivity index (χ0) is 8.55. The Bertz CT molecular complexity index is 155. The fraction of sp³-hybridized carbons (Fsp3) is 1.00. The molecule has 0 aromatic heterocycles. The van der Waals surface area contributed by atoms with Crippen molar-refractivity contribution in [2.75, 3.05) is 6.54 Å². The molecule has 0 aliphatic heterocycles. The maximum absolute atomic E-state index is 3.62. The Morgan fingerprint density at radius 3 is 2.42 bits per heavy atom. The van der Waals surface area contributed by atoms with Crippen LogP contribution in [0.5, 0.6) is 0 Å². The lowest BCUT2D eigenvalue weighted by molar-refractivity contribution is 0.272. The molecule has 1 N–H and O–H groups in total. The summed E-state index contributed by atoms with van der Waals surface area (Å²) in [5, 5.41) is 3.62. The van der Waals surface area contributed by atoms with Gasteiger partial charge in [-0.2, -0.15) is 0 Å². The standard InChI is InChI=1S/C11H21N/c1-3-8-5-10-6-9(8)7-11(10)12-4-2/h8-12H,3-7H2,1-2H3. The normalized spacial score (nSPS) is 45.5. The Kier molecular flexibility index (Phi) is 2.40. The van der Waals surface area contributed by atoms with Crippen molar-refractivity contribution < 1.29 is 0 Å². The molecule has 0 spiro atoms. The van der Waals surface area contributed by atoms with Crippen molar-refractivity contribution in [1.82, 2.24) is 5.32 Å². The summed E-state index contributed by atoms with van der Waals surface area (Å²) in [5.74, 6) is 3.17. The van der Waals surface area contributed by atoms with Gasteiger partial charge in [-0.25, -0.2) is 0 Å². The average Bonchev–Trinajstić information content (AvgIpc) is 2.62. The summed E-state index contributed by atoms with van der Waals surface area (Å²) in [4.78, 5) is 0. The molecule has 4 unspecified atom stereocenters. The lowest BCUT2D eigenvalue weighted by Gasteiger charge is -2.27. The van der Waals surface area contributed by atoms with Gasteiger partial charge in [0.05, 0.1) is 0 Å². The van der Waals surface area contributed by atoms with Crippen LogP contribution in [0.1, 0.15) is 39.5 Å². The molecule has 2 bridgehead atoms. The number of rotatable bonds is 3. The molecule has 2 fully saturated rings. The lowest BCUT2D eigenvalue weighted by atomic mass is 9.84. The second-order valence-electron chi connectivity index (χ2n) is 4.56. The van der Waals surface area contributed by atoms with Gasteiger partial charge < -0.3 is 5.32 Å². The van der Waals surface area contributed by atoms with E-state index in [1.807, 2.05) is 0 Å². The first-order valence-corrected chi connectivity index (χ1v) is 5.58. The summed E-state index contributed by atoms with van der Waals surface area (Å²) in [5.41, 5.74) is 0. The topological polar surface area (TPSA) is 12.0 Å². The summed E-state index contributed by atoms with van der Waals surface area (Å²) < 4.78 is 0. The Morgan fingerprint density at radius 2 is 1.92 bits per heavy atom. The SMILES string of the molecule is CCNC1CC2CC1CC2CC. The molecule has 70 valence electrons. The van der Waals surface area contributed by atoms with Crippen molar-refractivity contribution in [3.8, 4) is 0 Å². The van der Waals surface area contributed by atoms with Gasteiger partial charge in [0.1, 0.15) is 0 Å². The fourth-order valence-corrected chi connectivity index (χ4v) is 3.41. The third-order valence-corrected chi connectivity index (χ3v) is 3.99. The molecule has 0 radical (unpaired) electrons. The van der Waals surface area contributed by atoms with Crippen LogP contribution in [0, 0.1) is 17.8 Å². The van der Waals surface area contributed by atoms with E-state index in [0.717, 1.165) is 30.3 Å². The number of fused-ring (bicyclic) bond motifs is 2. The summed E-state index contributed by atoms with van der Waals surface area (Å²) in [6, 6.07) is 0.878. The van der Waals surface area contributed by atoms with E-state index in [4.69, 9.17) is 0 Å². The van der Waals surface area contributed by atoms with E-state index >= 15 is 0 Å². The molecular weight excluding hydrogens is 146 g/mol. The van der Waals surface area contributed by atoms with E-state index < -0.39 is 0 Å². The third-order valence-electron chi connectivity index (χ3n) is 3.99. The molecular formula is C11H21N. The minimum Gasteiger partial charge on any atom is -0.314 e. The van der Waals surface area contributed by atoms with E-state index in [1.54, 1.807) is 0 Å². The Hall–Kier alpha value is -0.0400. The zero-order valence-electron chi connectivity index (χ0n) is 8.34. The second kappa shape index (κ2) is 3.37. The predicted molar refractivity (Wildman–Crippen MR) is 52.1 cm³/mol. The molecule has 0 amide bonds. The highest BCUT2D eigenvalue weighted by atomic mass is 14.9. The van der Waals surface area contributed by atoms with Gasteiger partial charge in [-0.05, 0) is 43.6 Å². The molecule has 0 aromatic rings. The van der Waals surface area contributed by atoms with Gasteiger partial charge in [0.15, 0.2) is 0 Å². The van der Waals surface area contributed by atoms with Gasteiger partial charge in [0.25, 0.3) is 0 Å². The first-order chi connectivity index (χ1) is 5.85. The summed E-state index contributed by atoms with van der Waals surface area (Å²) >= 11 is 0. The maximum Gasteiger partial charge on any atom is 0.00981 e. The maximum atomic E-state index is 3.62. The van der Waals surface area contributed by atoms with Gasteiger partial charge in [-0.3, -0.25) is 0 Å². The molecule has 4 atom stereocenters. The first kappa shape index (κ1) is 8.55. The van der Waals surface area contributed by atoms with Gasteiger partial charge in [-0.1, -0.05) is 20.3 Å². The van der Waals surface area contributed by atoms with Crippen molar-refractivity contribution in [2.24, 2.45) is 17.8 Å². The lowest BCUT2D eigenvalue weighted by Crippen LogP contribution is -2.35. The van der Waals surface area contributed by atoms with Gasteiger partial charge >= 0.3 is 0 Å². The Morgan fingerprint density at radius 1 is 1.08 bits per heavy atom. The van der Waals surface area contributed by atoms with Gasteiger partial charge in [0.2, 0.25) is 0 Å². The molecule has 1 nitrogen and oxygen atoms in total. The van der Waals surface area contributed by atoms with E-state index in [-0.39, 0.29) is 0 Å². The highest BCUT2D eigenvalue weighted by Crippen LogP contribution is 2.49. The number of nitrogens with one attached hydrogen (secondary N) is 1. The van der Waals surface area contributed by atoms with Crippen LogP contribution in [0.3, 0.4) is 0 Å². The summed E-state index contributed by atoms with van der Waals surface area (Å²) in [6.07, 6.45) is 5.92. The second-order valence-corrected chi connectivity index (χ2v) is 4.56. The number of hydrogen-bond acceptors (Lipinski definition) is 1. The minimum atomic E-state index is 0.878. The largest absolute Gasteiger partial charge is 0.314 e. The third kappa shape index (κ3) is 1.28. The van der Waals surface area contributed by atoms with Crippen LogP contribution in [0.25, 0.3) is 0 Å². The van der Waals surface area contributed by atoms with Crippen LogP contribution < -0.4 is 5.32 Å². The van der Waals surface area contributed by atoms with E-state index in [1.165, 1.54) is 25.7 Å². The van der Waals surface area contributed by atoms with Crippen LogP contribution in [0.4, 0.5) is 0 Å². The molecule has 1 heteroatoms. The molecule has 0 heterocycles. The Balaban J connectivity index is 1.89. The molecule has 0 aromatic carbocycles. The smallest absolute Gasteiger partial charge is 0.00981 e. The van der Waals surface area contributed by atoms with E-state index in [0.29, 0.717) is 0 Å². The van der Waals surface area contributed by atoms with Crippen molar-refractivity contribution >= 4 is 0 Å². The summed E-state index contributed by atoms with van der Waals surface area (Å²) in [6.45, 7) is 5.74. The molecule has 2 saturated carbocycles. The van der Waals surface area contributed by atoms with Crippen LogP contribution in [-0.2, 0) is 0 Å². The van der Waals surface area contributed by atoms with Crippen molar-refractivity contribution in [1.29, 1.82) is 0 Å². The molecule has 0 saturated heterocycles. The van der Waals surface area contributed by atoms with Crippen LogP contribution >= 0.6 is 0 Å². The minimum absolute atomic E-state index is 0.878. The van der Waals surface area contributed by atoms with Crippen LogP contribution in [0.15, 0.2) is 0 Å². The van der Waals surface area contributed by atoms with Crippen LogP contribution in [0.2, 0.25) is 0 Å². The molecule has 2 aliphatic rings. The van der Waals surface area contributed by atoms with E-state index in [9.17, 15) is 0 Å². The van der Waals surface area contributed by atoms with Crippen molar-refractivity contribution in [2.45, 2.75) is 45.6 Å². The molecule has 2 aliphatic carbocycles. The highest BCUT2D eigenvalue weighted by Gasteiger charge is 2.44. The van der Waals surface area contributed by atoms with Gasteiger partial charge in [0, 0.05) is 6.04 Å². The van der Waals surface area contributed by atoms with Crippen molar-refractivity contribution in [3.05, 3.63) is 0 Å². The van der Waals surface area contributed by atoms with Crippen LogP contribution in [-0.4, -0.2) is 12.6 Å². The average molecular weight is 167 g/mol. The first-order valence-electron chi connectivity index (χ1n) is 5.58. The zero-order valence-corrected chi connectivity index (χ0v) is 8.34. The number of hydrogen-bond donors (Lipinski definition) is 1. The van der Waals surface area contributed by atoms with Gasteiger partial charge in [-0.15, -0.1) is 0 Å². The Labute approximate surface area is 75.9 Å². The monoisotopic (exact) mass is 167 g/mol. The molecule has 12 heavy (non-hydrogen) atoms.